The highest BCUT2D eigenvalue weighted by atomic mass is 16.4. The van der Waals surface area contributed by atoms with Crippen molar-refractivity contribution in [2.24, 2.45) is 0 Å². The SMILES string of the molecule is CN(C(=O)CN1Cc2ccccc2C(C(=O)O)C1)C1CC1. The Balaban J connectivity index is 1.73. The Morgan fingerprint density at radius 2 is 2.05 bits per heavy atom. The van der Waals surface area contributed by atoms with Crippen LogP contribution in [0.5, 0.6) is 0 Å². The Morgan fingerprint density at radius 3 is 2.71 bits per heavy atom. The number of fused-ring (bicyclic) bond motifs is 1. The minimum Gasteiger partial charge on any atom is -0.481 e. The van der Waals surface area contributed by atoms with Gasteiger partial charge in [0, 0.05) is 26.2 Å². The second-order valence-electron chi connectivity index (χ2n) is 6.00. The number of hydrogen-bond donors (Lipinski definition) is 1. The van der Waals surface area contributed by atoms with Gasteiger partial charge < -0.3 is 10.0 Å². The normalized spacial score (nSPS) is 21.7. The molecule has 0 radical (unpaired) electrons. The molecule has 112 valence electrons. The lowest BCUT2D eigenvalue weighted by Gasteiger charge is -2.33. The fraction of sp³-hybridized carbons (Fsp3) is 0.500. The Bertz CT molecular complexity index is 568. The van der Waals surface area contributed by atoms with Gasteiger partial charge in [0.1, 0.15) is 0 Å². The van der Waals surface area contributed by atoms with Gasteiger partial charge in [0.05, 0.1) is 12.5 Å². The summed E-state index contributed by atoms with van der Waals surface area (Å²) >= 11 is 0. The van der Waals surface area contributed by atoms with E-state index in [2.05, 4.69) is 0 Å². The summed E-state index contributed by atoms with van der Waals surface area (Å²) in [6, 6.07) is 8.01. The molecule has 5 nitrogen and oxygen atoms in total. The molecular formula is C16H20N2O3. The molecule has 0 spiro atoms. The third kappa shape index (κ3) is 2.93. The number of amides is 1. The zero-order chi connectivity index (χ0) is 15.0. The number of aliphatic carboxylic acids is 1. The van der Waals surface area contributed by atoms with E-state index in [0.717, 1.165) is 24.0 Å². The van der Waals surface area contributed by atoms with Gasteiger partial charge in [0.25, 0.3) is 0 Å². The van der Waals surface area contributed by atoms with Crippen molar-refractivity contribution in [2.45, 2.75) is 31.3 Å². The van der Waals surface area contributed by atoms with Crippen LogP contribution in [-0.4, -0.2) is 53.0 Å². The molecule has 1 aromatic rings. The molecular weight excluding hydrogens is 268 g/mol. The summed E-state index contributed by atoms with van der Waals surface area (Å²) in [5, 5.41) is 9.42. The lowest BCUT2D eigenvalue weighted by Crippen LogP contribution is -2.43. The van der Waals surface area contributed by atoms with E-state index in [4.69, 9.17) is 0 Å². The summed E-state index contributed by atoms with van der Waals surface area (Å²) in [5.74, 6) is -1.29. The number of carbonyl (C=O) groups excluding carboxylic acids is 1. The van der Waals surface area contributed by atoms with Gasteiger partial charge >= 0.3 is 5.97 Å². The molecule has 0 saturated heterocycles. The number of nitrogens with zero attached hydrogens (tertiary/aromatic N) is 2. The highest BCUT2D eigenvalue weighted by Gasteiger charge is 2.34. The lowest BCUT2D eigenvalue weighted by atomic mass is 9.90. The second kappa shape index (κ2) is 5.48. The van der Waals surface area contributed by atoms with Gasteiger partial charge in [-0.2, -0.15) is 0 Å². The quantitative estimate of drug-likeness (QED) is 0.907. The Morgan fingerprint density at radius 1 is 1.33 bits per heavy atom. The van der Waals surface area contributed by atoms with Crippen LogP contribution in [-0.2, 0) is 16.1 Å². The van der Waals surface area contributed by atoms with Gasteiger partial charge in [-0.15, -0.1) is 0 Å². The maximum atomic E-state index is 12.2. The van der Waals surface area contributed by atoms with Crippen molar-refractivity contribution in [3.8, 4) is 0 Å². The minimum atomic E-state index is -0.824. The van der Waals surface area contributed by atoms with Crippen LogP contribution in [0.3, 0.4) is 0 Å². The van der Waals surface area contributed by atoms with E-state index < -0.39 is 11.9 Å². The molecule has 1 aliphatic heterocycles. The standard InChI is InChI=1S/C16H20N2O3/c1-17(12-6-7-12)15(19)10-18-8-11-4-2-3-5-13(11)14(9-18)16(20)21/h2-5,12,14H,6-10H2,1H3,(H,20,21). The molecule has 1 aliphatic carbocycles. The maximum Gasteiger partial charge on any atom is 0.312 e. The van der Waals surface area contributed by atoms with Crippen LogP contribution >= 0.6 is 0 Å². The van der Waals surface area contributed by atoms with Crippen molar-refractivity contribution in [3.05, 3.63) is 35.4 Å². The van der Waals surface area contributed by atoms with Crippen LogP contribution in [0.2, 0.25) is 0 Å². The first-order valence-corrected chi connectivity index (χ1v) is 7.35. The monoisotopic (exact) mass is 288 g/mol. The average Bonchev–Trinajstić information content (AvgIpc) is 3.30. The first-order valence-electron chi connectivity index (χ1n) is 7.35. The number of carbonyl (C=O) groups is 2. The fourth-order valence-electron chi connectivity index (χ4n) is 2.98. The number of hydrogen-bond acceptors (Lipinski definition) is 3. The maximum absolute atomic E-state index is 12.2. The van der Waals surface area contributed by atoms with Crippen molar-refractivity contribution >= 4 is 11.9 Å². The predicted octanol–water partition coefficient (Wildman–Crippen LogP) is 1.29. The number of carboxylic acid groups (broad SMARTS) is 1. The van der Waals surface area contributed by atoms with Crippen molar-refractivity contribution in [3.63, 3.8) is 0 Å². The smallest absolute Gasteiger partial charge is 0.312 e. The Kier molecular flexibility index (Phi) is 3.68. The molecule has 1 fully saturated rings. The van der Waals surface area contributed by atoms with Gasteiger partial charge in [0.2, 0.25) is 5.91 Å². The van der Waals surface area contributed by atoms with E-state index in [9.17, 15) is 14.7 Å². The van der Waals surface area contributed by atoms with Gasteiger partial charge in [-0.25, -0.2) is 0 Å². The van der Waals surface area contributed by atoms with E-state index in [0.29, 0.717) is 25.7 Å². The molecule has 1 N–H and O–H groups in total. The van der Waals surface area contributed by atoms with Crippen molar-refractivity contribution in [1.82, 2.24) is 9.80 Å². The van der Waals surface area contributed by atoms with Crippen LogP contribution in [0.4, 0.5) is 0 Å². The first kappa shape index (κ1) is 14.1. The molecule has 5 heteroatoms. The van der Waals surface area contributed by atoms with Crippen LogP contribution in [0.25, 0.3) is 0 Å². The molecule has 0 bridgehead atoms. The molecule has 1 heterocycles. The van der Waals surface area contributed by atoms with Crippen LogP contribution in [0.1, 0.15) is 29.9 Å². The molecule has 1 unspecified atom stereocenters. The summed E-state index contributed by atoms with van der Waals surface area (Å²) in [5.41, 5.74) is 1.89. The number of rotatable bonds is 4. The van der Waals surface area contributed by atoms with E-state index in [1.807, 2.05) is 36.2 Å². The van der Waals surface area contributed by atoms with E-state index in [1.54, 1.807) is 4.90 Å². The predicted molar refractivity (Wildman–Crippen MR) is 77.9 cm³/mol. The molecule has 1 amide bonds. The highest BCUT2D eigenvalue weighted by Crippen LogP contribution is 2.29. The van der Waals surface area contributed by atoms with Crippen molar-refractivity contribution in [2.75, 3.05) is 20.1 Å². The topological polar surface area (TPSA) is 60.9 Å². The number of benzene rings is 1. The minimum absolute atomic E-state index is 0.0843. The number of carboxylic acids is 1. The first-order chi connectivity index (χ1) is 10.1. The van der Waals surface area contributed by atoms with Crippen LogP contribution < -0.4 is 0 Å². The highest BCUT2D eigenvalue weighted by molar-refractivity contribution is 5.80. The Hall–Kier alpha value is -1.88. The van der Waals surface area contributed by atoms with Gasteiger partial charge in [-0.05, 0) is 24.0 Å². The molecule has 1 atom stereocenters. The molecule has 2 aliphatic rings. The summed E-state index contributed by atoms with van der Waals surface area (Å²) in [4.78, 5) is 27.4. The average molecular weight is 288 g/mol. The molecule has 0 aromatic heterocycles. The number of likely N-dealkylation sites (N-methyl/N-ethyl adjacent to an activating group) is 1. The third-order valence-electron chi connectivity index (χ3n) is 4.41. The van der Waals surface area contributed by atoms with E-state index >= 15 is 0 Å². The summed E-state index contributed by atoms with van der Waals surface area (Å²) in [6.45, 7) is 1.34. The van der Waals surface area contributed by atoms with Crippen molar-refractivity contribution < 1.29 is 14.7 Å². The molecule has 1 aromatic carbocycles. The summed E-state index contributed by atoms with van der Waals surface area (Å²) in [7, 11) is 1.84. The molecule has 21 heavy (non-hydrogen) atoms. The summed E-state index contributed by atoms with van der Waals surface area (Å²) in [6.07, 6.45) is 2.17. The third-order valence-corrected chi connectivity index (χ3v) is 4.41. The van der Waals surface area contributed by atoms with Gasteiger partial charge in [-0.3, -0.25) is 14.5 Å². The lowest BCUT2D eigenvalue weighted by molar-refractivity contribution is -0.141. The van der Waals surface area contributed by atoms with Gasteiger partial charge in [-0.1, -0.05) is 24.3 Å². The van der Waals surface area contributed by atoms with E-state index in [-0.39, 0.29) is 5.91 Å². The van der Waals surface area contributed by atoms with E-state index in [1.165, 1.54) is 0 Å². The molecule has 3 rings (SSSR count). The largest absolute Gasteiger partial charge is 0.481 e. The zero-order valence-electron chi connectivity index (χ0n) is 12.2. The fourth-order valence-corrected chi connectivity index (χ4v) is 2.98. The van der Waals surface area contributed by atoms with Crippen LogP contribution in [0, 0.1) is 0 Å². The molecule has 1 saturated carbocycles. The zero-order valence-corrected chi connectivity index (χ0v) is 12.2. The second-order valence-corrected chi connectivity index (χ2v) is 6.00. The Labute approximate surface area is 124 Å². The summed E-state index contributed by atoms with van der Waals surface area (Å²) < 4.78 is 0. The van der Waals surface area contributed by atoms with Crippen molar-refractivity contribution in [1.29, 1.82) is 0 Å². The van der Waals surface area contributed by atoms with Crippen LogP contribution in [0.15, 0.2) is 24.3 Å². The van der Waals surface area contributed by atoms with Gasteiger partial charge in [0.15, 0.2) is 0 Å².